The van der Waals surface area contributed by atoms with Crippen LogP contribution < -0.4 is 10.6 Å². The van der Waals surface area contributed by atoms with Crippen LogP contribution in [0.4, 0.5) is 5.69 Å². The predicted octanol–water partition coefficient (Wildman–Crippen LogP) is 6.54. The molecule has 0 radical (unpaired) electrons. The highest BCUT2D eigenvalue weighted by atomic mass is 32.2. The summed E-state index contributed by atoms with van der Waals surface area (Å²) in [4.78, 5) is 14.1. The third-order valence-corrected chi connectivity index (χ3v) is 4.85. The lowest BCUT2D eigenvalue weighted by molar-refractivity contribution is 0.112. The zero-order valence-corrected chi connectivity index (χ0v) is 26.6. The number of nitrogens with zero attached hydrogens (tertiary/aromatic N) is 3. The van der Waals surface area contributed by atoms with E-state index in [1.54, 1.807) is 23.9 Å². The lowest BCUT2D eigenvalue weighted by Crippen LogP contribution is -2.34. The molecule has 8 nitrogen and oxygen atoms in total. The first-order valence-corrected chi connectivity index (χ1v) is 14.9. The van der Waals surface area contributed by atoms with Gasteiger partial charge in [0.25, 0.3) is 11.2 Å². The summed E-state index contributed by atoms with van der Waals surface area (Å²) in [6, 6.07) is 4.72. The molecule has 0 saturated heterocycles. The average molecular weight is 558 g/mol. The van der Waals surface area contributed by atoms with Gasteiger partial charge in [0.05, 0.1) is 11.3 Å². The Bertz CT molecular complexity index is 843. The van der Waals surface area contributed by atoms with E-state index >= 15 is 0 Å². The van der Waals surface area contributed by atoms with Crippen molar-refractivity contribution in [3.8, 4) is 5.75 Å². The van der Waals surface area contributed by atoms with E-state index in [0.29, 0.717) is 24.4 Å². The number of anilines is 1. The van der Waals surface area contributed by atoms with Gasteiger partial charge >= 0.3 is 0 Å². The molecule has 0 fully saturated rings. The SMILES string of the molecule is CC.CC.CC(C)C.CC/C=C(/CNC1=NS(=O)N=C1Nc1cccc(C=O)c1O)SCC.CN(C)C. The van der Waals surface area contributed by atoms with Crippen molar-refractivity contribution in [2.75, 3.05) is 38.8 Å². The van der Waals surface area contributed by atoms with Gasteiger partial charge in [-0.3, -0.25) is 4.79 Å². The maximum atomic E-state index is 11.7. The van der Waals surface area contributed by atoms with Crippen LogP contribution in [0, 0.1) is 5.92 Å². The number of rotatable bonds is 7. The highest BCUT2D eigenvalue weighted by Gasteiger charge is 2.20. The number of para-hydroxylation sites is 1. The number of carbonyl (C=O) groups is 1. The monoisotopic (exact) mass is 557 g/mol. The Kier molecular flexibility index (Phi) is 27.1. The number of carbonyl (C=O) groups excluding carboxylic acids is 1. The lowest BCUT2D eigenvalue weighted by Gasteiger charge is -2.13. The molecule has 37 heavy (non-hydrogen) atoms. The van der Waals surface area contributed by atoms with E-state index in [0.717, 1.165) is 23.0 Å². The van der Waals surface area contributed by atoms with E-state index in [2.05, 4.69) is 60.1 Å². The van der Waals surface area contributed by atoms with Crippen molar-refractivity contribution < 1.29 is 14.1 Å². The van der Waals surface area contributed by atoms with Crippen LogP contribution in [0.3, 0.4) is 0 Å². The van der Waals surface area contributed by atoms with Gasteiger partial charge in [0.15, 0.2) is 18.0 Å². The number of phenols is 1. The lowest BCUT2D eigenvalue weighted by atomic mass is 10.2. The fourth-order valence-corrected chi connectivity index (χ4v) is 3.58. The minimum atomic E-state index is -1.72. The topological polar surface area (TPSA) is 106 Å². The molecule has 214 valence electrons. The molecule has 0 bridgehead atoms. The molecule has 1 aliphatic rings. The molecule has 0 spiro atoms. The fraction of sp³-hybridized carbons (Fsp3) is 0.593. The average Bonchev–Trinajstić information content (AvgIpc) is 3.20. The molecule has 0 aromatic heterocycles. The number of hydrogen-bond acceptors (Lipinski definition) is 7. The molecule has 10 heteroatoms. The van der Waals surface area contributed by atoms with E-state index in [-0.39, 0.29) is 17.1 Å². The molecule has 2 rings (SSSR count). The highest BCUT2D eigenvalue weighted by molar-refractivity contribution is 8.03. The second-order valence-electron chi connectivity index (χ2n) is 8.04. The number of nitrogens with one attached hydrogen (secondary N) is 2. The number of phenolic OH excluding ortho intramolecular Hbond substituents is 1. The van der Waals surface area contributed by atoms with Crippen LogP contribution in [0.5, 0.6) is 5.75 Å². The third kappa shape index (κ3) is 20.6. The van der Waals surface area contributed by atoms with Crippen LogP contribution >= 0.6 is 11.8 Å². The zero-order chi connectivity index (χ0) is 29.4. The summed E-state index contributed by atoms with van der Waals surface area (Å²) < 4.78 is 19.5. The summed E-state index contributed by atoms with van der Waals surface area (Å²) in [5.74, 6) is 2.21. The molecule has 1 unspecified atom stereocenters. The van der Waals surface area contributed by atoms with E-state index in [1.165, 1.54) is 6.07 Å². The van der Waals surface area contributed by atoms with Gasteiger partial charge < -0.3 is 20.6 Å². The summed E-state index contributed by atoms with van der Waals surface area (Å²) >= 11 is 0.00725. The molecule has 1 atom stereocenters. The smallest absolute Gasteiger partial charge is 0.269 e. The first-order chi connectivity index (χ1) is 17.5. The summed E-state index contributed by atoms with van der Waals surface area (Å²) in [5.41, 5.74) is 0.452. The molecule has 3 N–H and O–H groups in total. The standard InChI is InChI=1S/C16H20N4O3S2.C4H10.C3H9N.2C2H6/c1-3-6-12(24-4-2)9-17-15-16(20-25(23)19-15)18-13-8-5-7-11(10-21)14(13)22;2*1-4(2)3;2*1-2/h5-8,10,22H,3-4,9H2,1-2H3,(H,17,19)(H,18,20);4H,1-3H3;1-3H3;2*1-2H3/b12-6-;;;;. The second-order valence-corrected chi connectivity index (χ2v) is 10.3. The Hall–Kier alpha value is -2.17. The zero-order valence-electron chi connectivity index (χ0n) is 25.0. The maximum Gasteiger partial charge on any atom is 0.269 e. The van der Waals surface area contributed by atoms with Crippen LogP contribution in [0.2, 0.25) is 0 Å². The molecule has 1 aromatic rings. The maximum absolute atomic E-state index is 11.7. The number of hydrogen-bond donors (Lipinski definition) is 3. The van der Waals surface area contributed by atoms with Crippen molar-refractivity contribution in [2.45, 2.75) is 68.7 Å². The molecule has 1 aliphatic heterocycles. The Morgan fingerprint density at radius 2 is 1.59 bits per heavy atom. The number of benzene rings is 1. The van der Waals surface area contributed by atoms with Crippen molar-refractivity contribution in [1.82, 2.24) is 10.2 Å². The number of thioether (sulfide) groups is 1. The molecular formula is C27H51N5O3S2. The van der Waals surface area contributed by atoms with Crippen LogP contribution in [-0.4, -0.2) is 65.6 Å². The fourth-order valence-electron chi connectivity index (χ4n) is 2.11. The quantitative estimate of drug-likeness (QED) is 0.258. The van der Waals surface area contributed by atoms with Gasteiger partial charge in [-0.05, 0) is 56.3 Å². The summed E-state index contributed by atoms with van der Waals surface area (Å²) in [7, 11) is 6.00. The first-order valence-electron chi connectivity index (χ1n) is 12.9. The Morgan fingerprint density at radius 3 is 2.05 bits per heavy atom. The Morgan fingerprint density at radius 1 is 1.08 bits per heavy atom. The van der Waals surface area contributed by atoms with Gasteiger partial charge in [0.2, 0.25) is 0 Å². The van der Waals surface area contributed by atoms with E-state index < -0.39 is 11.2 Å². The van der Waals surface area contributed by atoms with Gasteiger partial charge in [-0.1, -0.05) is 74.5 Å². The van der Waals surface area contributed by atoms with Gasteiger partial charge in [-0.15, -0.1) is 20.6 Å². The van der Waals surface area contributed by atoms with Crippen molar-refractivity contribution in [1.29, 1.82) is 0 Å². The van der Waals surface area contributed by atoms with Crippen LogP contribution in [0.1, 0.15) is 79.1 Å². The summed E-state index contributed by atoms with van der Waals surface area (Å²) in [6.07, 6.45) is 3.61. The number of aromatic hydroxyl groups is 1. The van der Waals surface area contributed by atoms with E-state index in [4.69, 9.17) is 0 Å². The number of aldehydes is 1. The van der Waals surface area contributed by atoms with Crippen molar-refractivity contribution >= 4 is 46.6 Å². The minimum Gasteiger partial charge on any atom is -0.505 e. The largest absolute Gasteiger partial charge is 0.505 e. The third-order valence-electron chi connectivity index (χ3n) is 3.20. The van der Waals surface area contributed by atoms with Gasteiger partial charge in [-0.2, -0.15) is 0 Å². The van der Waals surface area contributed by atoms with Crippen molar-refractivity contribution in [3.63, 3.8) is 0 Å². The Labute approximate surface area is 233 Å². The van der Waals surface area contributed by atoms with Crippen LogP contribution in [-0.2, 0) is 11.2 Å². The highest BCUT2D eigenvalue weighted by Crippen LogP contribution is 2.26. The molecule has 0 amide bonds. The number of allylic oxidation sites excluding steroid dienone is 1. The van der Waals surface area contributed by atoms with E-state index in [1.807, 2.05) is 53.7 Å². The molecular weight excluding hydrogens is 506 g/mol. The summed E-state index contributed by atoms with van der Waals surface area (Å²) in [6.45, 7) is 19.2. The molecule has 1 heterocycles. The van der Waals surface area contributed by atoms with E-state index in [9.17, 15) is 14.1 Å². The normalized spacial score (nSPS) is 13.8. The van der Waals surface area contributed by atoms with Crippen molar-refractivity contribution in [3.05, 3.63) is 34.7 Å². The minimum absolute atomic E-state index is 0.156. The molecule has 1 aromatic carbocycles. The van der Waals surface area contributed by atoms with Gasteiger partial charge in [-0.25, -0.2) is 4.21 Å². The molecule has 0 aliphatic carbocycles. The van der Waals surface area contributed by atoms with Crippen molar-refractivity contribution in [2.24, 2.45) is 14.7 Å². The molecule has 0 saturated carbocycles. The first kappa shape index (κ1) is 39.3. The number of amidine groups is 2. The Balaban J connectivity index is -0.000000818. The summed E-state index contributed by atoms with van der Waals surface area (Å²) in [5, 5.41) is 16.1. The van der Waals surface area contributed by atoms with Crippen LogP contribution in [0.15, 0.2) is 38.0 Å². The second kappa shape index (κ2) is 25.5. The van der Waals surface area contributed by atoms with Gasteiger partial charge in [0.1, 0.15) is 5.75 Å². The predicted molar refractivity (Wildman–Crippen MR) is 167 cm³/mol. The van der Waals surface area contributed by atoms with Crippen LogP contribution in [0.25, 0.3) is 0 Å². The van der Waals surface area contributed by atoms with Gasteiger partial charge in [0, 0.05) is 6.54 Å².